The van der Waals surface area contributed by atoms with Crippen LogP contribution in [0.5, 0.6) is 0 Å². The molecule has 2 rings (SSSR count). The number of allylic oxidation sites excluding steroid dienone is 5. The molecule has 1 aliphatic carbocycles. The van der Waals surface area contributed by atoms with Crippen LogP contribution >= 0.6 is 0 Å². The molecule has 0 spiro atoms. The third-order valence-corrected chi connectivity index (χ3v) is 5.64. The van der Waals surface area contributed by atoms with Gasteiger partial charge >= 0.3 is 6.09 Å². The molecular weight excluding hydrogens is 352 g/mol. The average Bonchev–Trinajstić information content (AvgIpc) is 2.66. The SMILES string of the molecule is CC1(C)C=CC=CC(S(=O)(=O)NC2CCCN(C(=O)OC(C)(C)C)C2)=C1. The molecule has 2 aliphatic rings. The highest BCUT2D eigenvalue weighted by molar-refractivity contribution is 7.93. The van der Waals surface area contributed by atoms with Crippen molar-refractivity contribution >= 4 is 16.1 Å². The van der Waals surface area contributed by atoms with Crippen LogP contribution < -0.4 is 4.72 Å². The van der Waals surface area contributed by atoms with E-state index in [-0.39, 0.29) is 16.4 Å². The molecule has 7 heteroatoms. The second-order valence-corrected chi connectivity index (χ2v) is 10.2. The molecule has 0 radical (unpaired) electrons. The number of carbonyl (C=O) groups is 1. The van der Waals surface area contributed by atoms with Gasteiger partial charge in [-0.15, -0.1) is 0 Å². The van der Waals surface area contributed by atoms with E-state index in [2.05, 4.69) is 4.72 Å². The summed E-state index contributed by atoms with van der Waals surface area (Å²) in [6.07, 6.45) is 9.89. The van der Waals surface area contributed by atoms with Crippen LogP contribution in [-0.4, -0.2) is 44.1 Å². The zero-order valence-corrected chi connectivity index (χ0v) is 17.1. The van der Waals surface area contributed by atoms with Crippen LogP contribution in [0, 0.1) is 5.41 Å². The van der Waals surface area contributed by atoms with Gasteiger partial charge in [0.25, 0.3) is 0 Å². The van der Waals surface area contributed by atoms with Crippen LogP contribution in [-0.2, 0) is 14.8 Å². The zero-order valence-electron chi connectivity index (χ0n) is 16.3. The van der Waals surface area contributed by atoms with Crippen molar-refractivity contribution in [1.82, 2.24) is 9.62 Å². The molecule has 0 aromatic rings. The van der Waals surface area contributed by atoms with E-state index in [4.69, 9.17) is 4.74 Å². The highest BCUT2D eigenvalue weighted by Crippen LogP contribution is 2.26. The van der Waals surface area contributed by atoms with Gasteiger partial charge in [0.15, 0.2) is 0 Å². The fraction of sp³-hybridized carbons (Fsp3) is 0.632. The highest BCUT2D eigenvalue weighted by atomic mass is 32.2. The molecule has 1 unspecified atom stereocenters. The number of ether oxygens (including phenoxy) is 1. The van der Waals surface area contributed by atoms with Crippen molar-refractivity contribution in [2.75, 3.05) is 13.1 Å². The lowest BCUT2D eigenvalue weighted by atomic mass is 9.93. The monoisotopic (exact) mass is 382 g/mol. The Labute approximate surface area is 157 Å². The molecule has 1 heterocycles. The third-order valence-electron chi connectivity index (χ3n) is 4.12. The van der Waals surface area contributed by atoms with Crippen molar-refractivity contribution < 1.29 is 17.9 Å². The van der Waals surface area contributed by atoms with Gasteiger partial charge < -0.3 is 9.64 Å². The Bertz CT molecular complexity index is 727. The molecule has 0 aromatic carbocycles. The molecule has 1 N–H and O–H groups in total. The first-order valence-electron chi connectivity index (χ1n) is 8.97. The minimum atomic E-state index is -3.66. The topological polar surface area (TPSA) is 75.7 Å². The summed E-state index contributed by atoms with van der Waals surface area (Å²) in [6.45, 7) is 10.2. The maximum atomic E-state index is 12.8. The number of nitrogens with zero attached hydrogens (tertiary/aromatic N) is 1. The van der Waals surface area contributed by atoms with Crippen molar-refractivity contribution in [3.63, 3.8) is 0 Å². The summed E-state index contributed by atoms with van der Waals surface area (Å²) in [5.74, 6) is 0. The smallest absolute Gasteiger partial charge is 0.410 e. The molecule has 1 aliphatic heterocycles. The quantitative estimate of drug-likeness (QED) is 0.812. The van der Waals surface area contributed by atoms with Crippen molar-refractivity contribution in [3.8, 4) is 0 Å². The molecule has 1 atom stereocenters. The maximum Gasteiger partial charge on any atom is 0.410 e. The molecule has 1 fully saturated rings. The number of carbonyl (C=O) groups excluding carboxylic acids is 1. The summed E-state index contributed by atoms with van der Waals surface area (Å²) in [5.41, 5.74) is -0.916. The second kappa shape index (κ2) is 7.56. The predicted molar refractivity (Wildman–Crippen MR) is 103 cm³/mol. The molecule has 1 amide bonds. The number of hydrogen-bond acceptors (Lipinski definition) is 4. The van der Waals surface area contributed by atoms with Gasteiger partial charge in [-0.25, -0.2) is 17.9 Å². The first-order valence-corrected chi connectivity index (χ1v) is 10.5. The van der Waals surface area contributed by atoms with Crippen LogP contribution in [0.15, 0.2) is 35.3 Å². The Balaban J connectivity index is 2.07. The van der Waals surface area contributed by atoms with Crippen molar-refractivity contribution in [3.05, 3.63) is 35.3 Å². The van der Waals surface area contributed by atoms with Crippen molar-refractivity contribution in [2.24, 2.45) is 5.41 Å². The van der Waals surface area contributed by atoms with Crippen LogP contribution in [0.25, 0.3) is 0 Å². The minimum absolute atomic E-state index is 0.252. The molecule has 0 aromatic heterocycles. The van der Waals surface area contributed by atoms with Crippen molar-refractivity contribution in [2.45, 2.75) is 59.1 Å². The second-order valence-electron chi connectivity index (χ2n) is 8.47. The van der Waals surface area contributed by atoms with Gasteiger partial charge in [-0.3, -0.25) is 0 Å². The molecular formula is C19H30N2O4S. The summed E-state index contributed by atoms with van der Waals surface area (Å²) in [6, 6.07) is -0.324. The van der Waals surface area contributed by atoms with Gasteiger partial charge in [0.05, 0.1) is 4.91 Å². The Morgan fingerprint density at radius 1 is 1.31 bits per heavy atom. The van der Waals surface area contributed by atoms with E-state index < -0.39 is 21.7 Å². The van der Waals surface area contributed by atoms with Crippen LogP contribution in [0.1, 0.15) is 47.5 Å². The number of nitrogens with one attached hydrogen (secondary N) is 1. The normalized spacial score (nSPS) is 23.3. The van der Waals surface area contributed by atoms with E-state index in [0.717, 1.165) is 6.42 Å². The van der Waals surface area contributed by atoms with Crippen LogP contribution in [0.3, 0.4) is 0 Å². The fourth-order valence-corrected chi connectivity index (χ4v) is 4.42. The number of hydrogen-bond donors (Lipinski definition) is 1. The Morgan fingerprint density at radius 3 is 2.65 bits per heavy atom. The van der Waals surface area contributed by atoms with Gasteiger partial charge in [0.2, 0.25) is 10.0 Å². The average molecular weight is 383 g/mol. The summed E-state index contributed by atoms with van der Waals surface area (Å²) >= 11 is 0. The summed E-state index contributed by atoms with van der Waals surface area (Å²) < 4.78 is 33.8. The first-order chi connectivity index (χ1) is 11.9. The van der Waals surface area contributed by atoms with Gasteiger partial charge in [-0.05, 0) is 39.7 Å². The van der Waals surface area contributed by atoms with Crippen LogP contribution in [0.2, 0.25) is 0 Å². The summed E-state index contributed by atoms with van der Waals surface area (Å²) in [4.78, 5) is 14.1. The van der Waals surface area contributed by atoms with E-state index >= 15 is 0 Å². The van der Waals surface area contributed by atoms with Gasteiger partial charge in [0.1, 0.15) is 5.60 Å². The molecule has 26 heavy (non-hydrogen) atoms. The maximum absolute atomic E-state index is 12.8. The molecule has 1 saturated heterocycles. The number of piperidine rings is 1. The highest BCUT2D eigenvalue weighted by Gasteiger charge is 2.31. The lowest BCUT2D eigenvalue weighted by Crippen LogP contribution is -2.50. The van der Waals surface area contributed by atoms with E-state index in [1.165, 1.54) is 0 Å². The molecule has 6 nitrogen and oxygen atoms in total. The molecule has 146 valence electrons. The number of likely N-dealkylation sites (tertiary alicyclic amines) is 1. The Morgan fingerprint density at radius 2 is 2.00 bits per heavy atom. The Kier molecular flexibility index (Phi) is 6.02. The first kappa shape index (κ1) is 20.7. The van der Waals surface area contributed by atoms with E-state index in [1.807, 2.05) is 46.8 Å². The van der Waals surface area contributed by atoms with E-state index in [0.29, 0.717) is 19.5 Å². The van der Waals surface area contributed by atoms with Crippen molar-refractivity contribution in [1.29, 1.82) is 0 Å². The van der Waals surface area contributed by atoms with E-state index in [9.17, 15) is 13.2 Å². The minimum Gasteiger partial charge on any atom is -0.444 e. The molecule has 0 saturated carbocycles. The largest absolute Gasteiger partial charge is 0.444 e. The van der Waals surface area contributed by atoms with Gasteiger partial charge in [-0.2, -0.15) is 0 Å². The number of amides is 1. The van der Waals surface area contributed by atoms with Gasteiger partial charge in [-0.1, -0.05) is 38.2 Å². The number of sulfonamides is 1. The zero-order chi connectivity index (χ0) is 19.6. The number of rotatable bonds is 3. The van der Waals surface area contributed by atoms with E-state index in [1.54, 1.807) is 23.1 Å². The Hall–Kier alpha value is -1.60. The standard InChI is InChI=1S/C19H30N2O4S/c1-18(2,3)25-17(22)21-12-8-9-15(14-21)20-26(23,24)16-10-6-7-11-19(4,5)13-16/h6-7,10-11,13,15,20H,8-9,12,14H2,1-5H3. The summed E-state index contributed by atoms with van der Waals surface area (Å²) in [5, 5.41) is 0. The van der Waals surface area contributed by atoms with Gasteiger partial charge in [0, 0.05) is 24.5 Å². The lowest BCUT2D eigenvalue weighted by Gasteiger charge is -2.34. The molecule has 0 bridgehead atoms. The fourth-order valence-electron chi connectivity index (χ4n) is 2.94. The summed E-state index contributed by atoms with van der Waals surface area (Å²) in [7, 11) is -3.66. The third kappa shape index (κ3) is 5.99. The lowest BCUT2D eigenvalue weighted by molar-refractivity contribution is 0.0195. The van der Waals surface area contributed by atoms with Crippen LogP contribution in [0.4, 0.5) is 4.79 Å². The predicted octanol–water partition coefficient (Wildman–Crippen LogP) is 3.34.